The summed E-state index contributed by atoms with van der Waals surface area (Å²) >= 11 is 1.70. The summed E-state index contributed by atoms with van der Waals surface area (Å²) in [6, 6.07) is 5.14. The molecule has 2 aromatic rings. The van der Waals surface area contributed by atoms with Crippen LogP contribution >= 0.6 is 11.3 Å². The molecule has 0 radical (unpaired) electrons. The third kappa shape index (κ3) is 7.50. The molecule has 0 spiro atoms. The number of hydrogen-bond donors (Lipinski definition) is 2. The van der Waals surface area contributed by atoms with Crippen LogP contribution in [0.5, 0.6) is 5.75 Å². The van der Waals surface area contributed by atoms with Gasteiger partial charge in [0, 0.05) is 36.8 Å². The fourth-order valence-corrected chi connectivity index (χ4v) is 3.40. The molecule has 0 saturated carbocycles. The van der Waals surface area contributed by atoms with Gasteiger partial charge in [-0.1, -0.05) is 17.7 Å². The van der Waals surface area contributed by atoms with Crippen LogP contribution in [0.2, 0.25) is 0 Å². The molecular formula is C19H26F2N4OS. The highest BCUT2D eigenvalue weighted by Crippen LogP contribution is 2.22. The molecule has 0 fully saturated rings. The third-order valence-electron chi connectivity index (χ3n) is 3.88. The highest BCUT2D eigenvalue weighted by molar-refractivity contribution is 7.09. The summed E-state index contributed by atoms with van der Waals surface area (Å²) in [4.78, 5) is 8.63. The fourth-order valence-electron chi connectivity index (χ4n) is 2.58. The molecule has 148 valence electrons. The second-order valence-electron chi connectivity index (χ2n) is 6.18. The number of rotatable bonds is 9. The molecule has 2 rings (SSSR count). The predicted molar refractivity (Wildman–Crippen MR) is 106 cm³/mol. The minimum Gasteiger partial charge on any atom is -0.434 e. The number of aromatic nitrogens is 1. The van der Waals surface area contributed by atoms with Crippen molar-refractivity contribution in [2.45, 2.75) is 46.3 Å². The van der Waals surface area contributed by atoms with Gasteiger partial charge in [-0.05, 0) is 39.2 Å². The molecule has 0 amide bonds. The molecule has 0 aliphatic heterocycles. The Morgan fingerprint density at radius 3 is 2.74 bits per heavy atom. The Labute approximate surface area is 162 Å². The second kappa shape index (κ2) is 10.8. The van der Waals surface area contributed by atoms with E-state index in [1.54, 1.807) is 30.5 Å². The molecule has 27 heavy (non-hydrogen) atoms. The molecule has 0 atom stereocenters. The number of halogens is 2. The molecule has 1 heterocycles. The lowest BCUT2D eigenvalue weighted by atomic mass is 10.1. The number of hydrogen-bond acceptors (Lipinski definition) is 4. The number of unbranched alkanes of at least 4 members (excludes halogenated alkanes) is 1. The van der Waals surface area contributed by atoms with E-state index in [2.05, 4.69) is 30.7 Å². The van der Waals surface area contributed by atoms with E-state index in [9.17, 15) is 8.78 Å². The van der Waals surface area contributed by atoms with E-state index in [1.165, 1.54) is 5.01 Å². The van der Waals surface area contributed by atoms with Crippen molar-refractivity contribution < 1.29 is 13.5 Å². The highest BCUT2D eigenvalue weighted by atomic mass is 32.1. The number of aliphatic imine (C=N–C) groups is 1. The van der Waals surface area contributed by atoms with Crippen molar-refractivity contribution in [3.8, 4) is 5.75 Å². The normalized spacial score (nSPS) is 11.7. The van der Waals surface area contributed by atoms with Crippen LogP contribution in [0.1, 0.15) is 34.7 Å². The van der Waals surface area contributed by atoms with Gasteiger partial charge in [0.05, 0.1) is 5.01 Å². The summed E-state index contributed by atoms with van der Waals surface area (Å²) in [7, 11) is 1.68. The largest absolute Gasteiger partial charge is 0.434 e. The molecule has 8 heteroatoms. The smallest absolute Gasteiger partial charge is 0.387 e. The van der Waals surface area contributed by atoms with E-state index in [0.717, 1.165) is 37.1 Å². The first-order chi connectivity index (χ1) is 13.0. The molecule has 2 N–H and O–H groups in total. The van der Waals surface area contributed by atoms with E-state index in [4.69, 9.17) is 0 Å². The Balaban J connectivity index is 1.76. The molecule has 0 saturated heterocycles. The van der Waals surface area contributed by atoms with Crippen LogP contribution in [0.25, 0.3) is 0 Å². The van der Waals surface area contributed by atoms with Gasteiger partial charge in [0.25, 0.3) is 0 Å². The predicted octanol–water partition coefficient (Wildman–Crippen LogP) is 4.05. The zero-order chi connectivity index (χ0) is 19.6. The maximum atomic E-state index is 12.5. The van der Waals surface area contributed by atoms with E-state index in [1.807, 2.05) is 19.9 Å². The van der Waals surface area contributed by atoms with Crippen LogP contribution in [0.4, 0.5) is 8.78 Å². The molecule has 0 aliphatic carbocycles. The maximum absolute atomic E-state index is 12.5. The van der Waals surface area contributed by atoms with Crippen LogP contribution in [0.15, 0.2) is 28.6 Å². The van der Waals surface area contributed by atoms with Crippen LogP contribution in [0.3, 0.4) is 0 Å². The van der Waals surface area contributed by atoms with E-state index in [0.29, 0.717) is 18.1 Å². The minimum absolute atomic E-state index is 0.178. The summed E-state index contributed by atoms with van der Waals surface area (Å²) in [5.74, 6) is 0.807. The highest BCUT2D eigenvalue weighted by Gasteiger charge is 2.10. The molecule has 1 aromatic heterocycles. The molecular weight excluding hydrogens is 370 g/mol. The van der Waals surface area contributed by atoms with E-state index >= 15 is 0 Å². The Bertz CT molecular complexity index is 749. The van der Waals surface area contributed by atoms with Gasteiger partial charge in [0.15, 0.2) is 5.96 Å². The standard InChI is InChI=1S/C19H26F2N4OS/c1-13-7-8-16(26-18(20)21)15(10-13)11-24-19(22-3)23-9-5-4-6-17-25-14(2)12-27-17/h7-8,10,12,18H,4-6,9,11H2,1-3H3,(H2,22,23,24). The average Bonchev–Trinajstić information content (AvgIpc) is 3.04. The van der Waals surface area contributed by atoms with Crippen molar-refractivity contribution in [3.63, 3.8) is 0 Å². The fraction of sp³-hybridized carbons (Fsp3) is 0.474. The van der Waals surface area contributed by atoms with E-state index < -0.39 is 6.61 Å². The summed E-state index contributed by atoms with van der Waals surface area (Å²) in [6.45, 7) is 2.20. The van der Waals surface area contributed by atoms with Crippen molar-refractivity contribution >= 4 is 17.3 Å². The van der Waals surface area contributed by atoms with Gasteiger partial charge in [-0.2, -0.15) is 8.78 Å². The van der Waals surface area contributed by atoms with Crippen molar-refractivity contribution in [1.29, 1.82) is 0 Å². The summed E-state index contributed by atoms with van der Waals surface area (Å²) < 4.78 is 29.7. The summed E-state index contributed by atoms with van der Waals surface area (Å²) in [6.07, 6.45) is 3.01. The molecule has 1 aromatic carbocycles. The van der Waals surface area contributed by atoms with Gasteiger partial charge in [-0.15, -0.1) is 11.3 Å². The van der Waals surface area contributed by atoms with Gasteiger partial charge in [0.1, 0.15) is 5.75 Å². The third-order valence-corrected chi connectivity index (χ3v) is 4.90. The number of ether oxygens (including phenoxy) is 1. The van der Waals surface area contributed by atoms with Crippen molar-refractivity contribution in [1.82, 2.24) is 15.6 Å². The van der Waals surface area contributed by atoms with Gasteiger partial charge in [-0.25, -0.2) is 4.98 Å². The first-order valence-electron chi connectivity index (χ1n) is 8.88. The van der Waals surface area contributed by atoms with Crippen LogP contribution in [0, 0.1) is 13.8 Å². The van der Waals surface area contributed by atoms with Gasteiger partial charge in [-0.3, -0.25) is 4.99 Å². The number of alkyl halides is 2. The number of nitrogens with zero attached hydrogens (tertiary/aromatic N) is 2. The Hall–Kier alpha value is -2.22. The topological polar surface area (TPSA) is 58.5 Å². The Kier molecular flexibility index (Phi) is 8.44. The lowest BCUT2D eigenvalue weighted by Gasteiger charge is -2.15. The Morgan fingerprint density at radius 1 is 1.26 bits per heavy atom. The van der Waals surface area contributed by atoms with Gasteiger partial charge >= 0.3 is 6.61 Å². The van der Waals surface area contributed by atoms with Crippen molar-refractivity contribution in [2.75, 3.05) is 13.6 Å². The van der Waals surface area contributed by atoms with Gasteiger partial charge < -0.3 is 15.4 Å². The molecule has 0 bridgehead atoms. The molecule has 0 aliphatic rings. The quantitative estimate of drug-likeness (QED) is 0.381. The lowest BCUT2D eigenvalue weighted by Crippen LogP contribution is -2.37. The zero-order valence-electron chi connectivity index (χ0n) is 15.9. The molecule has 5 nitrogen and oxygen atoms in total. The van der Waals surface area contributed by atoms with Crippen LogP contribution < -0.4 is 15.4 Å². The summed E-state index contributed by atoms with van der Waals surface area (Å²) in [5, 5.41) is 9.61. The second-order valence-corrected chi connectivity index (χ2v) is 7.12. The number of benzene rings is 1. The monoisotopic (exact) mass is 396 g/mol. The zero-order valence-corrected chi connectivity index (χ0v) is 16.7. The first-order valence-corrected chi connectivity index (χ1v) is 9.75. The summed E-state index contributed by atoms with van der Waals surface area (Å²) in [5.41, 5.74) is 2.72. The van der Waals surface area contributed by atoms with E-state index in [-0.39, 0.29) is 5.75 Å². The molecule has 0 unspecified atom stereocenters. The van der Waals surface area contributed by atoms with Gasteiger partial charge in [0.2, 0.25) is 0 Å². The first kappa shape index (κ1) is 21.1. The maximum Gasteiger partial charge on any atom is 0.387 e. The number of nitrogens with one attached hydrogen (secondary N) is 2. The van der Waals surface area contributed by atoms with Crippen molar-refractivity contribution in [3.05, 3.63) is 45.4 Å². The number of thiazole rings is 1. The number of aryl methyl sites for hydroxylation is 3. The lowest BCUT2D eigenvalue weighted by molar-refractivity contribution is -0.0504. The SMILES string of the molecule is CN=C(NCCCCc1nc(C)cs1)NCc1cc(C)ccc1OC(F)F. The van der Waals surface area contributed by atoms with Crippen molar-refractivity contribution in [2.24, 2.45) is 4.99 Å². The average molecular weight is 397 g/mol. The van der Waals surface area contributed by atoms with Crippen LogP contribution in [-0.2, 0) is 13.0 Å². The minimum atomic E-state index is -2.84. The number of guanidine groups is 1. The van der Waals surface area contributed by atoms with Crippen LogP contribution in [-0.4, -0.2) is 31.1 Å². The Morgan fingerprint density at radius 2 is 2.07 bits per heavy atom.